The summed E-state index contributed by atoms with van der Waals surface area (Å²) >= 11 is 0. The van der Waals surface area contributed by atoms with E-state index in [0.29, 0.717) is 12.4 Å². The van der Waals surface area contributed by atoms with Crippen molar-refractivity contribution in [3.05, 3.63) is 59.2 Å². The second-order valence-corrected chi connectivity index (χ2v) is 4.80. The summed E-state index contributed by atoms with van der Waals surface area (Å²) in [7, 11) is 0. The average molecular weight is 271 g/mol. The second-order valence-electron chi connectivity index (χ2n) is 4.80. The van der Waals surface area contributed by atoms with Crippen LogP contribution in [0.2, 0.25) is 0 Å². The Hall–Kier alpha value is -1.78. The molecule has 2 aromatic rings. The molecule has 1 aromatic heterocycles. The largest absolute Gasteiger partial charge is 0.366 e. The van der Waals surface area contributed by atoms with E-state index < -0.39 is 0 Å². The van der Waals surface area contributed by atoms with Gasteiger partial charge in [-0.05, 0) is 26.3 Å². The van der Waals surface area contributed by atoms with Crippen LogP contribution < -0.4 is 5.73 Å². The number of benzene rings is 1. The Kier molecular flexibility index (Phi) is 4.82. The highest BCUT2D eigenvalue weighted by Gasteiger charge is 2.18. The van der Waals surface area contributed by atoms with Crippen molar-refractivity contribution in [3.63, 3.8) is 0 Å². The predicted molar refractivity (Wildman–Crippen MR) is 79.3 cm³/mol. The summed E-state index contributed by atoms with van der Waals surface area (Å²) in [5, 5.41) is 0. The van der Waals surface area contributed by atoms with Gasteiger partial charge in [-0.15, -0.1) is 0 Å². The van der Waals surface area contributed by atoms with Crippen LogP contribution >= 0.6 is 0 Å². The molecule has 106 valence electrons. The molecule has 20 heavy (non-hydrogen) atoms. The minimum absolute atomic E-state index is 0.0636. The maximum Gasteiger partial charge on any atom is 0.162 e. The van der Waals surface area contributed by atoms with E-state index in [4.69, 9.17) is 10.5 Å². The van der Waals surface area contributed by atoms with Crippen molar-refractivity contribution in [1.82, 2.24) is 9.97 Å². The number of aryl methyl sites for hydroxylation is 1. The second kappa shape index (κ2) is 6.59. The number of hydrogen-bond acceptors (Lipinski definition) is 4. The molecule has 0 aliphatic carbocycles. The van der Waals surface area contributed by atoms with Crippen LogP contribution in [0.3, 0.4) is 0 Å². The zero-order valence-corrected chi connectivity index (χ0v) is 12.2. The van der Waals surface area contributed by atoms with Crippen LogP contribution in [0.25, 0.3) is 0 Å². The van der Waals surface area contributed by atoms with E-state index in [0.717, 1.165) is 16.8 Å². The summed E-state index contributed by atoms with van der Waals surface area (Å²) in [4.78, 5) is 9.01. The summed E-state index contributed by atoms with van der Waals surface area (Å²) in [5.41, 5.74) is 8.83. The van der Waals surface area contributed by atoms with Gasteiger partial charge in [-0.3, -0.25) is 0 Å². The molecule has 2 N–H and O–H groups in total. The van der Waals surface area contributed by atoms with Crippen molar-refractivity contribution in [2.24, 2.45) is 5.73 Å². The van der Waals surface area contributed by atoms with Gasteiger partial charge in [-0.25, -0.2) is 9.97 Å². The lowest BCUT2D eigenvalue weighted by Gasteiger charge is -2.18. The third-order valence-corrected chi connectivity index (χ3v) is 3.20. The van der Waals surface area contributed by atoms with Gasteiger partial charge in [-0.1, -0.05) is 30.3 Å². The smallest absolute Gasteiger partial charge is 0.162 e. The topological polar surface area (TPSA) is 61.0 Å². The molecule has 2 rings (SSSR count). The van der Waals surface area contributed by atoms with Gasteiger partial charge in [0, 0.05) is 30.1 Å². The Morgan fingerprint density at radius 1 is 1.25 bits per heavy atom. The molecule has 4 heteroatoms. The number of aromatic nitrogens is 2. The molecular weight excluding hydrogens is 250 g/mol. The van der Waals surface area contributed by atoms with Crippen LogP contribution in [0.5, 0.6) is 0 Å². The van der Waals surface area contributed by atoms with E-state index in [-0.39, 0.29) is 12.1 Å². The zero-order chi connectivity index (χ0) is 14.5. The molecule has 1 heterocycles. The van der Waals surface area contributed by atoms with Crippen molar-refractivity contribution in [1.29, 1.82) is 0 Å². The number of hydrogen-bond donors (Lipinski definition) is 1. The highest BCUT2D eigenvalue weighted by molar-refractivity contribution is 5.26. The number of ether oxygens (including phenoxy) is 1. The van der Waals surface area contributed by atoms with Gasteiger partial charge in [0.25, 0.3) is 0 Å². The summed E-state index contributed by atoms with van der Waals surface area (Å²) in [5.74, 6) is 0.681. The first-order valence-electron chi connectivity index (χ1n) is 6.89. The maximum atomic E-state index is 5.90. The van der Waals surface area contributed by atoms with Crippen LogP contribution in [0.4, 0.5) is 0 Å². The van der Waals surface area contributed by atoms with E-state index in [2.05, 4.69) is 9.97 Å². The first kappa shape index (κ1) is 14.6. The molecule has 0 bridgehead atoms. The molecule has 0 spiro atoms. The predicted octanol–water partition coefficient (Wildman–Crippen LogP) is 2.93. The number of nitrogens with zero attached hydrogens (tertiary/aromatic N) is 2. The van der Waals surface area contributed by atoms with Gasteiger partial charge >= 0.3 is 0 Å². The Bertz CT molecular complexity index is 555. The Labute approximate surface area is 120 Å². The third kappa shape index (κ3) is 3.21. The van der Waals surface area contributed by atoms with Gasteiger partial charge in [0.15, 0.2) is 5.82 Å². The Morgan fingerprint density at radius 2 is 1.95 bits per heavy atom. The molecule has 0 saturated heterocycles. The molecule has 0 fully saturated rings. The van der Waals surface area contributed by atoms with Crippen LogP contribution in [0.15, 0.2) is 36.5 Å². The highest BCUT2D eigenvalue weighted by Crippen LogP contribution is 2.24. The van der Waals surface area contributed by atoms with Crippen molar-refractivity contribution >= 4 is 0 Å². The quantitative estimate of drug-likeness (QED) is 0.908. The summed E-state index contributed by atoms with van der Waals surface area (Å²) < 4.78 is 5.81. The van der Waals surface area contributed by atoms with Crippen molar-refractivity contribution in [2.45, 2.75) is 32.9 Å². The molecule has 0 saturated carbocycles. The number of rotatable bonds is 5. The highest BCUT2D eigenvalue weighted by atomic mass is 16.5. The maximum absolute atomic E-state index is 5.90. The van der Waals surface area contributed by atoms with Gasteiger partial charge < -0.3 is 10.5 Å². The van der Waals surface area contributed by atoms with Gasteiger partial charge in [0.2, 0.25) is 0 Å². The molecule has 0 aliphatic rings. The van der Waals surface area contributed by atoms with Gasteiger partial charge in [-0.2, -0.15) is 0 Å². The zero-order valence-electron chi connectivity index (χ0n) is 12.2. The first-order valence-corrected chi connectivity index (χ1v) is 6.89. The van der Waals surface area contributed by atoms with E-state index >= 15 is 0 Å². The van der Waals surface area contributed by atoms with Crippen molar-refractivity contribution < 1.29 is 4.74 Å². The molecular formula is C16H21N3O. The van der Waals surface area contributed by atoms with Gasteiger partial charge in [0.05, 0.1) is 0 Å². The standard InChI is InChI=1S/C16H21N3O/c1-4-20-15(13-8-6-5-7-9-13)16-18-10-14(11(2)17)12(3)19-16/h5-11,15H,4,17H2,1-3H3/t11-,15?/m1/s1. The molecule has 4 nitrogen and oxygen atoms in total. The molecule has 0 aliphatic heterocycles. The number of nitrogens with two attached hydrogens (primary N) is 1. The first-order chi connectivity index (χ1) is 9.63. The summed E-state index contributed by atoms with van der Waals surface area (Å²) in [6, 6.07) is 9.95. The fourth-order valence-corrected chi connectivity index (χ4v) is 2.18. The SMILES string of the molecule is CCOC(c1ccccc1)c1ncc([C@@H](C)N)c(C)n1. The molecule has 1 unspecified atom stereocenters. The van der Waals surface area contributed by atoms with Crippen LogP contribution in [0, 0.1) is 6.92 Å². The Balaban J connectivity index is 2.38. The van der Waals surface area contributed by atoms with Crippen LogP contribution in [-0.4, -0.2) is 16.6 Å². The van der Waals surface area contributed by atoms with Gasteiger partial charge in [0.1, 0.15) is 6.10 Å². The van der Waals surface area contributed by atoms with E-state index in [1.807, 2.05) is 51.1 Å². The van der Waals surface area contributed by atoms with E-state index in [1.54, 1.807) is 6.20 Å². The normalized spacial score (nSPS) is 14.0. The minimum Gasteiger partial charge on any atom is -0.366 e. The van der Waals surface area contributed by atoms with E-state index in [9.17, 15) is 0 Å². The molecule has 0 amide bonds. The van der Waals surface area contributed by atoms with Crippen molar-refractivity contribution in [3.8, 4) is 0 Å². The summed E-state index contributed by atoms with van der Waals surface area (Å²) in [6.07, 6.45) is 1.57. The van der Waals surface area contributed by atoms with Crippen LogP contribution in [0.1, 0.15) is 48.6 Å². The fraction of sp³-hybridized carbons (Fsp3) is 0.375. The average Bonchev–Trinajstić information content (AvgIpc) is 2.45. The summed E-state index contributed by atoms with van der Waals surface area (Å²) in [6.45, 7) is 6.47. The monoisotopic (exact) mass is 271 g/mol. The molecule has 0 radical (unpaired) electrons. The minimum atomic E-state index is -0.234. The Morgan fingerprint density at radius 3 is 2.50 bits per heavy atom. The lowest BCUT2D eigenvalue weighted by molar-refractivity contribution is 0.0849. The van der Waals surface area contributed by atoms with E-state index in [1.165, 1.54) is 0 Å². The molecule has 1 aromatic carbocycles. The third-order valence-electron chi connectivity index (χ3n) is 3.20. The molecule has 2 atom stereocenters. The lowest BCUT2D eigenvalue weighted by atomic mass is 10.1. The fourth-order valence-electron chi connectivity index (χ4n) is 2.18. The van der Waals surface area contributed by atoms with Crippen molar-refractivity contribution in [2.75, 3.05) is 6.61 Å². The lowest BCUT2D eigenvalue weighted by Crippen LogP contribution is -2.14. The van der Waals surface area contributed by atoms with Crippen LogP contribution in [-0.2, 0) is 4.74 Å².